The molecule has 1 amide bonds. The molecule has 0 aromatic heterocycles. The molecule has 6 heteroatoms. The number of carbonyl (C=O) groups is 1. The van der Waals surface area contributed by atoms with Gasteiger partial charge in [-0.2, -0.15) is 0 Å². The molecule has 0 saturated heterocycles. The Morgan fingerprint density at radius 1 is 1.29 bits per heavy atom. The molecule has 0 bridgehead atoms. The van der Waals surface area contributed by atoms with Crippen molar-refractivity contribution < 1.29 is 14.3 Å². The molecule has 0 aliphatic carbocycles. The summed E-state index contributed by atoms with van der Waals surface area (Å²) in [5.41, 5.74) is 2.07. The molecule has 1 aliphatic rings. The highest BCUT2D eigenvalue weighted by Gasteiger charge is 2.23. The fourth-order valence-electron chi connectivity index (χ4n) is 2.64. The Bertz CT molecular complexity index is 792. The van der Waals surface area contributed by atoms with Crippen LogP contribution in [-0.4, -0.2) is 18.6 Å². The Morgan fingerprint density at radius 2 is 2.08 bits per heavy atom. The van der Waals surface area contributed by atoms with Crippen LogP contribution in [0.1, 0.15) is 29.8 Å². The maximum Gasteiger partial charge on any atom is 0.255 e. The second kappa shape index (κ2) is 6.91. The molecule has 126 valence electrons. The Labute approximate surface area is 150 Å². The molecule has 0 fully saturated rings. The molecule has 0 unspecified atom stereocenters. The molecule has 4 nitrogen and oxygen atoms in total. The SMILES string of the molecule is CCOc1cc2c(cc1NC(=O)c1ccc(Cl)c(Cl)c1)O[C@@H](C)C2. The largest absolute Gasteiger partial charge is 0.492 e. The van der Waals surface area contributed by atoms with Crippen molar-refractivity contribution in [2.75, 3.05) is 11.9 Å². The zero-order chi connectivity index (χ0) is 17.3. The van der Waals surface area contributed by atoms with Crippen LogP contribution in [-0.2, 0) is 6.42 Å². The second-order valence-corrected chi connectivity index (χ2v) is 6.42. The summed E-state index contributed by atoms with van der Waals surface area (Å²) in [7, 11) is 0. The molecule has 1 atom stereocenters. The fourth-order valence-corrected chi connectivity index (χ4v) is 2.94. The monoisotopic (exact) mass is 365 g/mol. The van der Waals surface area contributed by atoms with E-state index in [9.17, 15) is 4.79 Å². The first-order valence-electron chi connectivity index (χ1n) is 7.70. The topological polar surface area (TPSA) is 47.6 Å². The minimum Gasteiger partial charge on any atom is -0.492 e. The van der Waals surface area contributed by atoms with Gasteiger partial charge in [0.15, 0.2) is 0 Å². The third-order valence-electron chi connectivity index (χ3n) is 3.73. The van der Waals surface area contributed by atoms with Gasteiger partial charge >= 0.3 is 0 Å². The quantitative estimate of drug-likeness (QED) is 0.831. The van der Waals surface area contributed by atoms with Crippen LogP contribution in [0.5, 0.6) is 11.5 Å². The van der Waals surface area contributed by atoms with E-state index in [4.69, 9.17) is 32.7 Å². The predicted octanol–water partition coefficient (Wildman–Crippen LogP) is 4.97. The zero-order valence-corrected chi connectivity index (χ0v) is 14.9. The summed E-state index contributed by atoms with van der Waals surface area (Å²) >= 11 is 11.9. The van der Waals surface area contributed by atoms with E-state index in [1.54, 1.807) is 18.2 Å². The molecule has 0 radical (unpaired) electrons. The van der Waals surface area contributed by atoms with Crippen molar-refractivity contribution in [1.29, 1.82) is 0 Å². The van der Waals surface area contributed by atoms with E-state index in [2.05, 4.69) is 5.32 Å². The lowest BCUT2D eigenvalue weighted by molar-refractivity contribution is 0.102. The van der Waals surface area contributed by atoms with Crippen molar-refractivity contribution in [3.63, 3.8) is 0 Å². The molecule has 1 N–H and O–H groups in total. The van der Waals surface area contributed by atoms with Gasteiger partial charge in [0.25, 0.3) is 5.91 Å². The van der Waals surface area contributed by atoms with Gasteiger partial charge in [0.1, 0.15) is 17.6 Å². The van der Waals surface area contributed by atoms with Crippen molar-refractivity contribution >= 4 is 34.8 Å². The summed E-state index contributed by atoms with van der Waals surface area (Å²) in [4.78, 5) is 12.5. The number of nitrogens with one attached hydrogen (secondary N) is 1. The predicted molar refractivity (Wildman–Crippen MR) is 95.8 cm³/mol. The van der Waals surface area contributed by atoms with Crippen LogP contribution >= 0.6 is 23.2 Å². The fraction of sp³-hybridized carbons (Fsp3) is 0.278. The number of ether oxygens (including phenoxy) is 2. The number of halogens is 2. The number of benzene rings is 2. The van der Waals surface area contributed by atoms with Gasteiger partial charge in [-0.05, 0) is 38.1 Å². The number of rotatable bonds is 4. The summed E-state index contributed by atoms with van der Waals surface area (Å²) in [5.74, 6) is 1.11. The second-order valence-electron chi connectivity index (χ2n) is 5.60. The summed E-state index contributed by atoms with van der Waals surface area (Å²) in [5, 5.41) is 3.60. The van der Waals surface area contributed by atoms with E-state index >= 15 is 0 Å². The number of anilines is 1. The van der Waals surface area contributed by atoms with Crippen molar-refractivity contribution in [1.82, 2.24) is 0 Å². The van der Waals surface area contributed by atoms with Gasteiger partial charge in [-0.15, -0.1) is 0 Å². The smallest absolute Gasteiger partial charge is 0.255 e. The Kier molecular flexibility index (Phi) is 4.88. The lowest BCUT2D eigenvalue weighted by atomic mass is 10.1. The molecule has 0 saturated carbocycles. The summed E-state index contributed by atoms with van der Waals surface area (Å²) in [6.45, 7) is 4.41. The van der Waals surface area contributed by atoms with Crippen molar-refractivity contribution in [3.05, 3.63) is 51.5 Å². The average molecular weight is 366 g/mol. The zero-order valence-electron chi connectivity index (χ0n) is 13.4. The molecular formula is C18H17Cl2NO3. The first-order chi connectivity index (χ1) is 11.5. The minimum absolute atomic E-state index is 0.121. The van der Waals surface area contributed by atoms with Crippen molar-refractivity contribution in [3.8, 4) is 11.5 Å². The molecule has 1 heterocycles. The third-order valence-corrected chi connectivity index (χ3v) is 4.47. The molecule has 24 heavy (non-hydrogen) atoms. The molecule has 1 aliphatic heterocycles. The molecule has 3 rings (SSSR count). The molecule has 0 spiro atoms. The highest BCUT2D eigenvalue weighted by molar-refractivity contribution is 6.42. The minimum atomic E-state index is -0.291. The molecule has 2 aromatic rings. The Hall–Kier alpha value is -1.91. The van der Waals surface area contributed by atoms with Crippen molar-refractivity contribution in [2.45, 2.75) is 26.4 Å². The standard InChI is InChI=1S/C18H17Cl2NO3/c1-3-23-17-8-12-6-10(2)24-16(12)9-15(17)21-18(22)11-4-5-13(19)14(20)7-11/h4-5,7-10H,3,6H2,1-2H3,(H,21,22)/t10-/m0/s1. The van der Waals surface area contributed by atoms with Crippen LogP contribution in [0, 0.1) is 0 Å². The number of hydrogen-bond acceptors (Lipinski definition) is 3. The van der Waals surface area contributed by atoms with E-state index in [-0.39, 0.29) is 12.0 Å². The third kappa shape index (κ3) is 3.45. The van der Waals surface area contributed by atoms with Gasteiger partial charge in [-0.1, -0.05) is 23.2 Å². The maximum atomic E-state index is 12.5. The van der Waals surface area contributed by atoms with Gasteiger partial charge in [0, 0.05) is 23.6 Å². The van der Waals surface area contributed by atoms with E-state index in [1.165, 1.54) is 6.07 Å². The van der Waals surface area contributed by atoms with Gasteiger partial charge in [0.2, 0.25) is 0 Å². The highest BCUT2D eigenvalue weighted by atomic mass is 35.5. The number of hydrogen-bond donors (Lipinski definition) is 1. The van der Waals surface area contributed by atoms with Crippen LogP contribution in [0.4, 0.5) is 5.69 Å². The summed E-state index contributed by atoms with van der Waals surface area (Å²) in [6, 6.07) is 8.48. The van der Waals surface area contributed by atoms with Crippen LogP contribution in [0.25, 0.3) is 0 Å². The van der Waals surface area contributed by atoms with Gasteiger partial charge < -0.3 is 14.8 Å². The average Bonchev–Trinajstić information content (AvgIpc) is 2.89. The van der Waals surface area contributed by atoms with Crippen LogP contribution in [0.3, 0.4) is 0 Å². The first kappa shape index (κ1) is 16.9. The maximum absolute atomic E-state index is 12.5. The van der Waals surface area contributed by atoms with Crippen LogP contribution in [0.2, 0.25) is 10.0 Å². The number of amides is 1. The lowest BCUT2D eigenvalue weighted by Crippen LogP contribution is -2.13. The lowest BCUT2D eigenvalue weighted by Gasteiger charge is -2.14. The van der Waals surface area contributed by atoms with E-state index in [0.29, 0.717) is 33.7 Å². The number of fused-ring (bicyclic) bond motifs is 1. The van der Waals surface area contributed by atoms with E-state index in [1.807, 2.05) is 19.9 Å². The van der Waals surface area contributed by atoms with E-state index in [0.717, 1.165) is 17.7 Å². The van der Waals surface area contributed by atoms with Crippen LogP contribution in [0.15, 0.2) is 30.3 Å². The van der Waals surface area contributed by atoms with Gasteiger partial charge in [0.05, 0.1) is 22.3 Å². The summed E-state index contributed by atoms with van der Waals surface area (Å²) in [6.07, 6.45) is 0.951. The van der Waals surface area contributed by atoms with Crippen molar-refractivity contribution in [2.24, 2.45) is 0 Å². The normalized spacial score (nSPS) is 15.6. The van der Waals surface area contributed by atoms with Crippen LogP contribution < -0.4 is 14.8 Å². The van der Waals surface area contributed by atoms with Gasteiger partial charge in [-0.3, -0.25) is 4.79 Å². The van der Waals surface area contributed by atoms with Gasteiger partial charge in [-0.25, -0.2) is 0 Å². The molecule has 2 aromatic carbocycles. The summed E-state index contributed by atoms with van der Waals surface area (Å²) < 4.78 is 11.4. The molecular weight excluding hydrogens is 349 g/mol. The Morgan fingerprint density at radius 3 is 2.79 bits per heavy atom. The number of carbonyl (C=O) groups excluding carboxylic acids is 1. The first-order valence-corrected chi connectivity index (χ1v) is 8.46. The highest BCUT2D eigenvalue weighted by Crippen LogP contribution is 2.38. The van der Waals surface area contributed by atoms with E-state index < -0.39 is 0 Å². The Balaban J connectivity index is 1.89.